The topological polar surface area (TPSA) is 55.1 Å². The lowest BCUT2D eigenvalue weighted by atomic mass is 10.1. The van der Waals surface area contributed by atoms with Gasteiger partial charge in [-0.05, 0) is 29.7 Å². The third-order valence-electron chi connectivity index (χ3n) is 3.17. The monoisotopic (exact) mass is 290 g/mol. The lowest BCUT2D eigenvalue weighted by Gasteiger charge is -2.08. The van der Waals surface area contributed by atoms with Gasteiger partial charge in [0.15, 0.2) is 0 Å². The van der Waals surface area contributed by atoms with Crippen LogP contribution in [0.25, 0.3) is 0 Å². The van der Waals surface area contributed by atoms with Crippen LogP contribution in [-0.2, 0) is 13.1 Å². The van der Waals surface area contributed by atoms with Gasteiger partial charge in [-0.15, -0.1) is 0 Å². The number of benzene rings is 2. The molecule has 3 N–H and O–H groups in total. The van der Waals surface area contributed by atoms with Crippen LogP contribution in [0.5, 0.6) is 0 Å². The molecule has 5 heteroatoms. The van der Waals surface area contributed by atoms with E-state index in [1.54, 1.807) is 0 Å². The van der Waals surface area contributed by atoms with E-state index in [0.29, 0.717) is 6.54 Å². The third kappa shape index (κ3) is 3.64. The number of nitrogens with one attached hydrogen (secondary N) is 1. The molecule has 1 amide bonds. The van der Waals surface area contributed by atoms with Crippen LogP contribution >= 0.6 is 0 Å². The molecule has 0 radical (unpaired) electrons. The summed E-state index contributed by atoms with van der Waals surface area (Å²) in [4.78, 5) is 12.0. The first kappa shape index (κ1) is 15.1. The van der Waals surface area contributed by atoms with Gasteiger partial charge in [-0.3, -0.25) is 4.79 Å². The Labute approximate surface area is 121 Å². The number of rotatable bonds is 4. The maximum absolute atomic E-state index is 13.6. The quantitative estimate of drug-likeness (QED) is 0.909. The summed E-state index contributed by atoms with van der Waals surface area (Å²) in [6.07, 6.45) is 0. The molecule has 2 aromatic rings. The van der Waals surface area contributed by atoms with Gasteiger partial charge in [0.2, 0.25) is 0 Å². The van der Waals surface area contributed by atoms with Crippen molar-refractivity contribution in [2.24, 2.45) is 5.73 Å². The van der Waals surface area contributed by atoms with E-state index in [2.05, 4.69) is 5.32 Å². The van der Waals surface area contributed by atoms with Crippen molar-refractivity contribution in [2.75, 3.05) is 0 Å². The fraction of sp³-hybridized carbons (Fsp3) is 0.188. The second-order valence-corrected chi connectivity index (χ2v) is 4.79. The Bertz CT molecular complexity index is 671. The molecule has 0 unspecified atom stereocenters. The van der Waals surface area contributed by atoms with Crippen LogP contribution in [0.3, 0.4) is 0 Å². The zero-order valence-electron chi connectivity index (χ0n) is 11.6. The Kier molecular flexibility index (Phi) is 4.65. The molecule has 0 aliphatic rings. The van der Waals surface area contributed by atoms with Gasteiger partial charge in [-0.25, -0.2) is 8.78 Å². The third-order valence-corrected chi connectivity index (χ3v) is 3.17. The molecule has 110 valence electrons. The van der Waals surface area contributed by atoms with Crippen molar-refractivity contribution in [3.63, 3.8) is 0 Å². The zero-order valence-corrected chi connectivity index (χ0v) is 11.6. The van der Waals surface area contributed by atoms with Crippen LogP contribution in [0.2, 0.25) is 0 Å². The van der Waals surface area contributed by atoms with E-state index in [1.807, 2.05) is 24.3 Å². The number of amides is 1. The molecule has 3 nitrogen and oxygen atoms in total. The predicted molar refractivity (Wildman–Crippen MR) is 76.6 cm³/mol. The smallest absolute Gasteiger partial charge is 0.254 e. The van der Waals surface area contributed by atoms with Gasteiger partial charge in [0, 0.05) is 19.2 Å². The highest BCUT2D eigenvalue weighted by atomic mass is 19.1. The highest BCUT2D eigenvalue weighted by molar-refractivity contribution is 5.94. The van der Waals surface area contributed by atoms with Crippen LogP contribution in [0.1, 0.15) is 27.0 Å². The van der Waals surface area contributed by atoms with E-state index in [0.717, 1.165) is 17.2 Å². The van der Waals surface area contributed by atoms with Gasteiger partial charge in [0.25, 0.3) is 5.91 Å². The SMILES string of the molecule is Cc1cc(C(=O)NCc2cccc(CN)c2)c(F)cc1F. The number of carbonyl (C=O) groups excluding carboxylic acids is 1. The first-order valence-electron chi connectivity index (χ1n) is 6.53. The normalized spacial score (nSPS) is 10.5. The van der Waals surface area contributed by atoms with Crippen molar-refractivity contribution in [2.45, 2.75) is 20.0 Å². The lowest BCUT2D eigenvalue weighted by Crippen LogP contribution is -2.24. The Morgan fingerprint density at radius 2 is 1.86 bits per heavy atom. The van der Waals surface area contributed by atoms with Gasteiger partial charge >= 0.3 is 0 Å². The molecule has 0 heterocycles. The lowest BCUT2D eigenvalue weighted by molar-refractivity contribution is 0.0946. The summed E-state index contributed by atoms with van der Waals surface area (Å²) in [5.74, 6) is -2.11. The van der Waals surface area contributed by atoms with Crippen LogP contribution < -0.4 is 11.1 Å². The van der Waals surface area contributed by atoms with Crippen molar-refractivity contribution in [1.29, 1.82) is 0 Å². The zero-order chi connectivity index (χ0) is 15.4. The maximum Gasteiger partial charge on any atom is 0.254 e. The fourth-order valence-corrected chi connectivity index (χ4v) is 1.98. The summed E-state index contributed by atoms with van der Waals surface area (Å²) in [6.45, 7) is 2.15. The molecule has 0 fully saturated rings. The van der Waals surface area contributed by atoms with Crippen molar-refractivity contribution < 1.29 is 13.6 Å². The van der Waals surface area contributed by atoms with Crippen molar-refractivity contribution in [3.05, 3.63) is 70.3 Å². The first-order chi connectivity index (χ1) is 10.0. The molecule has 0 spiro atoms. The van der Waals surface area contributed by atoms with Gasteiger partial charge in [-0.1, -0.05) is 24.3 Å². The van der Waals surface area contributed by atoms with Gasteiger partial charge in [-0.2, -0.15) is 0 Å². The standard InChI is InChI=1S/C16H16F2N2O/c1-10-5-13(15(18)7-14(10)17)16(21)20-9-12-4-2-3-11(6-12)8-19/h2-7H,8-9,19H2,1H3,(H,20,21). The minimum Gasteiger partial charge on any atom is -0.348 e. The van der Waals surface area contributed by atoms with Gasteiger partial charge in [0.1, 0.15) is 11.6 Å². The highest BCUT2D eigenvalue weighted by Gasteiger charge is 2.14. The Hall–Kier alpha value is -2.27. The number of halogens is 2. The average molecular weight is 290 g/mol. The Morgan fingerprint density at radius 1 is 1.14 bits per heavy atom. The minimum atomic E-state index is -0.869. The van der Waals surface area contributed by atoms with E-state index in [1.165, 1.54) is 13.0 Å². The summed E-state index contributed by atoms with van der Waals surface area (Å²) in [7, 11) is 0. The van der Waals surface area contributed by atoms with Crippen LogP contribution in [0.15, 0.2) is 36.4 Å². The molecule has 2 aromatic carbocycles. The molecule has 0 aliphatic heterocycles. The number of hydrogen-bond acceptors (Lipinski definition) is 2. The Balaban J connectivity index is 2.10. The average Bonchev–Trinajstić information content (AvgIpc) is 2.48. The van der Waals surface area contributed by atoms with Gasteiger partial charge < -0.3 is 11.1 Å². The molecule has 0 saturated heterocycles. The molecule has 0 bridgehead atoms. The fourth-order valence-electron chi connectivity index (χ4n) is 1.98. The summed E-state index contributed by atoms with van der Waals surface area (Å²) < 4.78 is 26.8. The molecular weight excluding hydrogens is 274 g/mol. The second kappa shape index (κ2) is 6.45. The summed E-state index contributed by atoms with van der Waals surface area (Å²) >= 11 is 0. The first-order valence-corrected chi connectivity index (χ1v) is 6.53. The predicted octanol–water partition coefficient (Wildman–Crippen LogP) is 2.66. The second-order valence-electron chi connectivity index (χ2n) is 4.79. The summed E-state index contributed by atoms with van der Waals surface area (Å²) in [6, 6.07) is 9.36. The van der Waals surface area contributed by atoms with Crippen LogP contribution in [0, 0.1) is 18.6 Å². The van der Waals surface area contributed by atoms with Crippen molar-refractivity contribution in [1.82, 2.24) is 5.32 Å². The van der Waals surface area contributed by atoms with E-state index >= 15 is 0 Å². The molecule has 21 heavy (non-hydrogen) atoms. The van der Waals surface area contributed by atoms with Crippen molar-refractivity contribution in [3.8, 4) is 0 Å². The maximum atomic E-state index is 13.6. The number of nitrogens with two attached hydrogens (primary N) is 1. The Morgan fingerprint density at radius 3 is 2.57 bits per heavy atom. The molecule has 0 aromatic heterocycles. The summed E-state index contributed by atoms with van der Waals surface area (Å²) in [5.41, 5.74) is 7.43. The summed E-state index contributed by atoms with van der Waals surface area (Å²) in [5, 5.41) is 2.61. The number of hydrogen-bond donors (Lipinski definition) is 2. The van der Waals surface area contributed by atoms with E-state index < -0.39 is 17.5 Å². The number of carbonyl (C=O) groups is 1. The molecule has 0 atom stereocenters. The van der Waals surface area contributed by atoms with E-state index in [9.17, 15) is 13.6 Å². The molecule has 0 aliphatic carbocycles. The van der Waals surface area contributed by atoms with Crippen molar-refractivity contribution >= 4 is 5.91 Å². The minimum absolute atomic E-state index is 0.163. The van der Waals surface area contributed by atoms with E-state index in [-0.39, 0.29) is 17.7 Å². The largest absolute Gasteiger partial charge is 0.348 e. The van der Waals surface area contributed by atoms with E-state index in [4.69, 9.17) is 5.73 Å². The van der Waals surface area contributed by atoms with Crippen LogP contribution in [0.4, 0.5) is 8.78 Å². The molecular formula is C16H16F2N2O. The van der Waals surface area contributed by atoms with Crippen LogP contribution in [-0.4, -0.2) is 5.91 Å². The molecule has 0 saturated carbocycles. The molecule has 2 rings (SSSR count). The van der Waals surface area contributed by atoms with Gasteiger partial charge in [0.05, 0.1) is 5.56 Å². The number of aryl methyl sites for hydroxylation is 1. The highest BCUT2D eigenvalue weighted by Crippen LogP contribution is 2.14.